The summed E-state index contributed by atoms with van der Waals surface area (Å²) in [6, 6.07) is 3.03. The van der Waals surface area contributed by atoms with E-state index in [1.165, 1.54) is 6.07 Å². The molecular formula is C13H15ClN2O4. The molecule has 0 saturated carbocycles. The number of nitro groups is 1. The maximum Gasteiger partial charge on any atom is 0.306 e. The number of carboxylic acid groups (broad SMARTS) is 1. The van der Waals surface area contributed by atoms with Gasteiger partial charge in [0.05, 0.1) is 10.8 Å². The lowest BCUT2D eigenvalue weighted by Crippen LogP contribution is -2.51. The highest BCUT2D eigenvalue weighted by Crippen LogP contribution is 2.36. The standard InChI is InChI=1S/C13H15ClN2O4/c1-7-3-12(16(19)20)10(14)4-11(7)15-5-9(6-15)8(2)13(17)18/h3-4,8-9H,5-6H2,1-2H3,(H,17,18). The van der Waals surface area contributed by atoms with Gasteiger partial charge in [0.2, 0.25) is 0 Å². The lowest BCUT2D eigenvalue weighted by molar-refractivity contribution is -0.384. The Kier molecular flexibility index (Phi) is 3.85. The second-order valence-electron chi connectivity index (χ2n) is 5.14. The minimum absolute atomic E-state index is 0.0980. The van der Waals surface area contributed by atoms with E-state index in [4.69, 9.17) is 16.7 Å². The van der Waals surface area contributed by atoms with Gasteiger partial charge < -0.3 is 10.0 Å². The predicted molar refractivity (Wildman–Crippen MR) is 75.3 cm³/mol. The van der Waals surface area contributed by atoms with Crippen molar-refractivity contribution in [3.05, 3.63) is 32.8 Å². The number of aliphatic carboxylic acids is 1. The zero-order valence-corrected chi connectivity index (χ0v) is 11.9. The number of aryl methyl sites for hydroxylation is 1. The molecule has 1 unspecified atom stereocenters. The first kappa shape index (κ1) is 14.6. The van der Waals surface area contributed by atoms with Gasteiger partial charge in [-0.05, 0) is 18.6 Å². The van der Waals surface area contributed by atoms with Crippen LogP contribution in [0, 0.1) is 28.9 Å². The molecule has 1 N–H and O–H groups in total. The van der Waals surface area contributed by atoms with Gasteiger partial charge in [-0.25, -0.2) is 0 Å². The monoisotopic (exact) mass is 298 g/mol. The largest absolute Gasteiger partial charge is 0.481 e. The van der Waals surface area contributed by atoms with Gasteiger partial charge >= 0.3 is 5.97 Å². The quantitative estimate of drug-likeness (QED) is 0.682. The number of hydrogen-bond donors (Lipinski definition) is 1. The summed E-state index contributed by atoms with van der Waals surface area (Å²) in [5, 5.41) is 19.9. The van der Waals surface area contributed by atoms with Crippen LogP contribution in [0.1, 0.15) is 12.5 Å². The van der Waals surface area contributed by atoms with Gasteiger partial charge in [0.15, 0.2) is 0 Å². The van der Waals surface area contributed by atoms with E-state index in [0.717, 1.165) is 11.3 Å². The van der Waals surface area contributed by atoms with Gasteiger partial charge in [0.1, 0.15) is 5.02 Å². The predicted octanol–water partition coefficient (Wildman–Crippen LogP) is 2.71. The van der Waals surface area contributed by atoms with Crippen LogP contribution in [-0.2, 0) is 4.79 Å². The molecule has 1 aromatic carbocycles. The van der Waals surface area contributed by atoms with Crippen LogP contribution in [0.15, 0.2) is 12.1 Å². The molecule has 1 fully saturated rings. The summed E-state index contributed by atoms with van der Waals surface area (Å²) >= 11 is 5.91. The summed E-state index contributed by atoms with van der Waals surface area (Å²) in [6.45, 7) is 4.73. The second kappa shape index (κ2) is 5.28. The molecular weight excluding hydrogens is 284 g/mol. The van der Waals surface area contributed by atoms with Gasteiger partial charge in [-0.3, -0.25) is 14.9 Å². The number of nitrogens with zero attached hydrogens (tertiary/aromatic N) is 2. The van der Waals surface area contributed by atoms with Crippen LogP contribution in [0.5, 0.6) is 0 Å². The molecule has 0 aromatic heterocycles. The second-order valence-corrected chi connectivity index (χ2v) is 5.55. The maximum absolute atomic E-state index is 10.9. The average Bonchev–Trinajstić information content (AvgIpc) is 2.30. The molecule has 1 aliphatic heterocycles. The van der Waals surface area contributed by atoms with Crippen LogP contribution in [0.25, 0.3) is 0 Å². The molecule has 2 rings (SSSR count). The highest BCUT2D eigenvalue weighted by Gasteiger charge is 2.35. The summed E-state index contributed by atoms with van der Waals surface area (Å²) in [4.78, 5) is 23.2. The van der Waals surface area contributed by atoms with Crippen LogP contribution in [-0.4, -0.2) is 29.1 Å². The van der Waals surface area contributed by atoms with Crippen molar-refractivity contribution < 1.29 is 14.8 Å². The molecule has 1 saturated heterocycles. The number of hydrogen-bond acceptors (Lipinski definition) is 4. The maximum atomic E-state index is 10.9. The van der Waals surface area contributed by atoms with E-state index in [-0.39, 0.29) is 22.5 Å². The van der Waals surface area contributed by atoms with Gasteiger partial charge in [-0.1, -0.05) is 18.5 Å². The van der Waals surface area contributed by atoms with Crippen molar-refractivity contribution in [3.63, 3.8) is 0 Å². The zero-order valence-electron chi connectivity index (χ0n) is 11.2. The van der Waals surface area contributed by atoms with E-state index in [2.05, 4.69) is 0 Å². The number of nitro benzene ring substituents is 1. The normalized spacial score (nSPS) is 16.6. The Labute approximate surface area is 121 Å². The molecule has 0 radical (unpaired) electrons. The molecule has 7 heteroatoms. The third kappa shape index (κ3) is 2.56. The Morgan fingerprint density at radius 2 is 2.15 bits per heavy atom. The molecule has 0 bridgehead atoms. The minimum Gasteiger partial charge on any atom is -0.481 e. The van der Waals surface area contributed by atoms with Crippen molar-refractivity contribution >= 4 is 28.9 Å². The molecule has 1 heterocycles. The van der Waals surface area contributed by atoms with Crippen LogP contribution in [0.3, 0.4) is 0 Å². The summed E-state index contributed by atoms with van der Waals surface area (Å²) in [5.41, 5.74) is 1.49. The molecule has 0 spiro atoms. The first-order chi connectivity index (χ1) is 9.31. The summed E-state index contributed by atoms with van der Waals surface area (Å²) in [5.74, 6) is -1.09. The van der Waals surface area contributed by atoms with Crippen LogP contribution < -0.4 is 4.90 Å². The van der Waals surface area contributed by atoms with Crippen molar-refractivity contribution in [2.24, 2.45) is 11.8 Å². The van der Waals surface area contributed by atoms with Crippen LogP contribution >= 0.6 is 11.6 Å². The summed E-state index contributed by atoms with van der Waals surface area (Å²) in [7, 11) is 0. The van der Waals surface area contributed by atoms with Gasteiger partial charge in [0.25, 0.3) is 5.69 Å². The Hall–Kier alpha value is -1.82. The van der Waals surface area contributed by atoms with Gasteiger partial charge in [0, 0.05) is 30.8 Å². The first-order valence-corrected chi connectivity index (χ1v) is 6.61. The lowest BCUT2D eigenvalue weighted by atomic mass is 9.86. The van der Waals surface area contributed by atoms with Crippen molar-refractivity contribution in [2.45, 2.75) is 13.8 Å². The minimum atomic E-state index is -0.798. The first-order valence-electron chi connectivity index (χ1n) is 6.23. The number of halogens is 1. The Morgan fingerprint density at radius 3 is 2.65 bits per heavy atom. The van der Waals surface area contributed by atoms with E-state index in [1.54, 1.807) is 19.9 Å². The van der Waals surface area contributed by atoms with Crippen molar-refractivity contribution in [3.8, 4) is 0 Å². The number of carboxylic acids is 1. The molecule has 0 aliphatic carbocycles. The molecule has 1 aromatic rings. The van der Waals surface area contributed by atoms with Gasteiger partial charge in [-0.2, -0.15) is 0 Å². The third-order valence-electron chi connectivity index (χ3n) is 3.81. The summed E-state index contributed by atoms with van der Waals surface area (Å²) < 4.78 is 0. The fourth-order valence-electron chi connectivity index (χ4n) is 2.36. The van der Waals surface area contributed by atoms with Crippen molar-refractivity contribution in [1.29, 1.82) is 0 Å². The zero-order chi connectivity index (χ0) is 15.0. The van der Waals surface area contributed by atoms with E-state index in [1.807, 2.05) is 4.90 Å². The van der Waals surface area contributed by atoms with Crippen molar-refractivity contribution in [1.82, 2.24) is 0 Å². The highest BCUT2D eigenvalue weighted by atomic mass is 35.5. The number of rotatable bonds is 4. The van der Waals surface area contributed by atoms with E-state index >= 15 is 0 Å². The summed E-state index contributed by atoms with van der Waals surface area (Å²) in [6.07, 6.45) is 0. The smallest absolute Gasteiger partial charge is 0.306 e. The Balaban J connectivity index is 2.15. The van der Waals surface area contributed by atoms with E-state index in [0.29, 0.717) is 13.1 Å². The van der Waals surface area contributed by atoms with Gasteiger partial charge in [-0.15, -0.1) is 0 Å². The van der Waals surface area contributed by atoms with Crippen LogP contribution in [0.2, 0.25) is 5.02 Å². The van der Waals surface area contributed by atoms with E-state index in [9.17, 15) is 14.9 Å². The molecule has 0 amide bonds. The SMILES string of the molecule is Cc1cc([N+](=O)[O-])c(Cl)cc1N1CC(C(C)C(=O)O)C1. The number of anilines is 1. The Bertz CT molecular complexity index is 570. The molecule has 20 heavy (non-hydrogen) atoms. The van der Waals surface area contributed by atoms with E-state index < -0.39 is 10.9 Å². The lowest BCUT2D eigenvalue weighted by Gasteiger charge is -2.43. The van der Waals surface area contributed by atoms with Crippen molar-refractivity contribution in [2.75, 3.05) is 18.0 Å². The molecule has 6 nitrogen and oxygen atoms in total. The third-order valence-corrected chi connectivity index (χ3v) is 4.11. The molecule has 1 atom stereocenters. The molecule has 108 valence electrons. The topological polar surface area (TPSA) is 83.7 Å². The average molecular weight is 299 g/mol. The van der Waals surface area contributed by atoms with Crippen LogP contribution in [0.4, 0.5) is 11.4 Å². The fourth-order valence-corrected chi connectivity index (χ4v) is 2.59. The number of carbonyl (C=O) groups is 1. The number of benzene rings is 1. The Morgan fingerprint density at radius 1 is 1.55 bits per heavy atom. The molecule has 1 aliphatic rings. The highest BCUT2D eigenvalue weighted by molar-refractivity contribution is 6.33. The fraction of sp³-hybridized carbons (Fsp3) is 0.462.